The van der Waals surface area contributed by atoms with Crippen LogP contribution in [0.1, 0.15) is 54.8 Å². The van der Waals surface area contributed by atoms with E-state index < -0.39 is 17.7 Å². The number of aromatic nitrogens is 1. The van der Waals surface area contributed by atoms with Gasteiger partial charge in [-0.15, -0.1) is 0 Å². The summed E-state index contributed by atoms with van der Waals surface area (Å²) in [6.45, 7) is 10.1. The first kappa shape index (κ1) is 22.5. The number of amides is 1. The van der Waals surface area contributed by atoms with Crippen LogP contribution >= 0.6 is 0 Å². The summed E-state index contributed by atoms with van der Waals surface area (Å²) in [4.78, 5) is 32.4. The number of ketones is 1. The van der Waals surface area contributed by atoms with Gasteiger partial charge in [0.1, 0.15) is 11.8 Å². The number of hydrogen-bond acceptors (Lipinski definition) is 4. The number of aliphatic hydroxyl groups is 1. The largest absolute Gasteiger partial charge is 0.507 e. The topological polar surface area (TPSA) is 70.5 Å². The van der Waals surface area contributed by atoms with E-state index >= 15 is 0 Å². The fourth-order valence-corrected chi connectivity index (χ4v) is 4.17. The zero-order chi connectivity index (χ0) is 23.9. The Morgan fingerprint density at radius 1 is 0.970 bits per heavy atom. The molecule has 1 aliphatic heterocycles. The highest BCUT2D eigenvalue weighted by molar-refractivity contribution is 6.51. The van der Waals surface area contributed by atoms with Crippen LogP contribution < -0.4 is 4.90 Å². The molecule has 3 aromatic rings. The molecule has 1 amide bonds. The second-order valence-corrected chi connectivity index (χ2v) is 9.54. The van der Waals surface area contributed by atoms with E-state index in [1.54, 1.807) is 18.3 Å². The van der Waals surface area contributed by atoms with Crippen LogP contribution in [0.5, 0.6) is 0 Å². The van der Waals surface area contributed by atoms with Crippen LogP contribution in [-0.2, 0) is 15.0 Å². The molecule has 4 rings (SSSR count). The van der Waals surface area contributed by atoms with Crippen LogP contribution in [0.2, 0.25) is 0 Å². The summed E-state index contributed by atoms with van der Waals surface area (Å²) in [6.07, 6.45) is 1.62. The van der Waals surface area contributed by atoms with Crippen LogP contribution in [0.25, 0.3) is 5.76 Å². The average molecular weight is 441 g/mol. The fourth-order valence-electron chi connectivity index (χ4n) is 4.17. The lowest BCUT2D eigenvalue weighted by Gasteiger charge is -2.26. The molecule has 0 spiro atoms. The predicted molar refractivity (Wildman–Crippen MR) is 130 cm³/mol. The molecule has 0 bridgehead atoms. The maximum Gasteiger partial charge on any atom is 0.300 e. The van der Waals surface area contributed by atoms with Crippen molar-refractivity contribution in [3.05, 3.63) is 100 Å². The van der Waals surface area contributed by atoms with Gasteiger partial charge in [-0.1, -0.05) is 56.7 Å². The summed E-state index contributed by atoms with van der Waals surface area (Å²) in [5.41, 5.74) is 4.53. The van der Waals surface area contributed by atoms with Crippen molar-refractivity contribution in [2.24, 2.45) is 0 Å². The molecule has 1 fully saturated rings. The van der Waals surface area contributed by atoms with E-state index in [-0.39, 0.29) is 16.7 Å². The van der Waals surface area contributed by atoms with Gasteiger partial charge in [-0.25, -0.2) is 0 Å². The van der Waals surface area contributed by atoms with Crippen molar-refractivity contribution >= 4 is 23.1 Å². The molecule has 1 saturated heterocycles. The number of anilines is 1. The molecule has 2 heterocycles. The van der Waals surface area contributed by atoms with Gasteiger partial charge in [0.05, 0.1) is 11.3 Å². The minimum atomic E-state index is -0.827. The monoisotopic (exact) mass is 440 g/mol. The fraction of sp³-hybridized carbons (Fsp3) is 0.250. The first-order valence-electron chi connectivity index (χ1n) is 11.0. The van der Waals surface area contributed by atoms with Gasteiger partial charge in [-0.05, 0) is 60.7 Å². The molecule has 168 valence electrons. The van der Waals surface area contributed by atoms with Gasteiger partial charge < -0.3 is 5.11 Å². The molecule has 1 aromatic heterocycles. The quantitative estimate of drug-likeness (QED) is 0.326. The summed E-state index contributed by atoms with van der Waals surface area (Å²) < 4.78 is 0. The Morgan fingerprint density at radius 3 is 2.27 bits per heavy atom. The molecule has 5 nitrogen and oxygen atoms in total. The molecular weight excluding hydrogens is 412 g/mol. The van der Waals surface area contributed by atoms with E-state index in [1.807, 2.05) is 62.4 Å². The predicted octanol–water partition coefficient (Wildman–Crippen LogP) is 5.62. The van der Waals surface area contributed by atoms with Crippen molar-refractivity contribution in [1.82, 2.24) is 4.98 Å². The number of rotatable bonds is 3. The van der Waals surface area contributed by atoms with Crippen LogP contribution in [0.4, 0.5) is 5.69 Å². The normalized spacial score (nSPS) is 18.1. The first-order valence-corrected chi connectivity index (χ1v) is 11.0. The third-order valence-electron chi connectivity index (χ3n) is 6.07. The van der Waals surface area contributed by atoms with E-state index in [9.17, 15) is 14.7 Å². The lowest BCUT2D eigenvalue weighted by molar-refractivity contribution is -0.132. The highest BCUT2D eigenvalue weighted by Gasteiger charge is 2.47. The van der Waals surface area contributed by atoms with Gasteiger partial charge >= 0.3 is 0 Å². The number of aryl methyl sites for hydroxylation is 2. The van der Waals surface area contributed by atoms with Crippen LogP contribution in [0, 0.1) is 13.8 Å². The molecule has 0 aliphatic carbocycles. The molecular formula is C28H28N2O3. The number of nitrogens with zero attached hydrogens (tertiary/aromatic N) is 2. The zero-order valence-corrected chi connectivity index (χ0v) is 19.6. The molecule has 1 atom stereocenters. The Bertz CT molecular complexity index is 1250. The third kappa shape index (κ3) is 4.07. The van der Waals surface area contributed by atoms with E-state index in [2.05, 4.69) is 25.8 Å². The van der Waals surface area contributed by atoms with Crippen LogP contribution in [-0.4, -0.2) is 21.8 Å². The van der Waals surface area contributed by atoms with Gasteiger partial charge in [0.25, 0.3) is 11.7 Å². The number of Topliss-reactive ketones (excluding diaryl/α,β-unsaturated/α-hetero) is 1. The Labute approximate surface area is 194 Å². The van der Waals surface area contributed by atoms with Gasteiger partial charge in [-0.3, -0.25) is 19.5 Å². The van der Waals surface area contributed by atoms with Gasteiger partial charge in [0, 0.05) is 17.4 Å². The van der Waals surface area contributed by atoms with E-state index in [4.69, 9.17) is 0 Å². The molecule has 1 aliphatic rings. The number of pyridine rings is 1. The summed E-state index contributed by atoms with van der Waals surface area (Å²) in [6, 6.07) is 17.8. The molecule has 1 unspecified atom stereocenters. The lowest BCUT2D eigenvalue weighted by Crippen LogP contribution is -2.30. The maximum absolute atomic E-state index is 13.3. The number of hydrogen-bond donors (Lipinski definition) is 1. The smallest absolute Gasteiger partial charge is 0.300 e. The van der Waals surface area contributed by atoms with Crippen molar-refractivity contribution < 1.29 is 14.7 Å². The van der Waals surface area contributed by atoms with E-state index in [1.165, 1.54) is 4.90 Å². The second kappa shape index (κ2) is 8.32. The van der Waals surface area contributed by atoms with Gasteiger partial charge in [0.2, 0.25) is 0 Å². The molecule has 2 aromatic carbocycles. The highest BCUT2D eigenvalue weighted by Crippen LogP contribution is 2.42. The van der Waals surface area contributed by atoms with Gasteiger partial charge in [-0.2, -0.15) is 0 Å². The number of carbonyl (C=O) groups excluding carboxylic acids is 2. The SMILES string of the molecule is Cc1ccc(C)c(/C(O)=C2\C(=O)C(=O)N(c3ccc(C(C)(C)C)cc3)C2c2ccccn2)c1. The number of aliphatic hydroxyl groups excluding tert-OH is 1. The van der Waals surface area contributed by atoms with Crippen LogP contribution in [0.3, 0.4) is 0 Å². The van der Waals surface area contributed by atoms with Crippen molar-refractivity contribution in [2.45, 2.75) is 46.1 Å². The minimum absolute atomic E-state index is 0.0459. The zero-order valence-electron chi connectivity index (χ0n) is 19.6. The standard InChI is InChI=1S/C28H28N2O3/c1-17-9-10-18(2)21(16-17)25(31)23-24(22-8-6-7-15-29-22)30(27(33)26(23)32)20-13-11-19(12-14-20)28(3,4)5/h6-16,24,31H,1-5H3/b25-23+. The highest BCUT2D eigenvalue weighted by atomic mass is 16.3. The summed E-state index contributed by atoms with van der Waals surface area (Å²) in [5.74, 6) is -1.58. The van der Waals surface area contributed by atoms with Crippen LogP contribution in [0.15, 0.2) is 72.4 Å². The van der Waals surface area contributed by atoms with Crippen molar-refractivity contribution in [1.29, 1.82) is 0 Å². The Hall–Kier alpha value is -3.73. The Kier molecular flexibility index (Phi) is 5.66. The van der Waals surface area contributed by atoms with Crippen molar-refractivity contribution in [2.75, 3.05) is 4.90 Å². The molecule has 0 saturated carbocycles. The summed E-state index contributed by atoms with van der Waals surface area (Å²) in [5, 5.41) is 11.3. The summed E-state index contributed by atoms with van der Waals surface area (Å²) >= 11 is 0. The Morgan fingerprint density at radius 2 is 1.67 bits per heavy atom. The number of benzene rings is 2. The summed E-state index contributed by atoms with van der Waals surface area (Å²) in [7, 11) is 0. The molecule has 0 radical (unpaired) electrons. The molecule has 33 heavy (non-hydrogen) atoms. The number of carbonyl (C=O) groups is 2. The first-order chi connectivity index (χ1) is 15.6. The lowest BCUT2D eigenvalue weighted by atomic mass is 9.87. The minimum Gasteiger partial charge on any atom is -0.507 e. The molecule has 5 heteroatoms. The Balaban J connectivity index is 1.92. The average Bonchev–Trinajstić information content (AvgIpc) is 3.05. The van der Waals surface area contributed by atoms with Crippen molar-refractivity contribution in [3.8, 4) is 0 Å². The second-order valence-electron chi connectivity index (χ2n) is 9.54. The van der Waals surface area contributed by atoms with E-state index in [0.29, 0.717) is 16.9 Å². The molecule has 1 N–H and O–H groups in total. The van der Waals surface area contributed by atoms with E-state index in [0.717, 1.165) is 16.7 Å². The third-order valence-corrected chi connectivity index (χ3v) is 6.07. The van der Waals surface area contributed by atoms with Gasteiger partial charge in [0.15, 0.2) is 0 Å². The van der Waals surface area contributed by atoms with Crippen molar-refractivity contribution in [3.63, 3.8) is 0 Å². The maximum atomic E-state index is 13.3.